The summed E-state index contributed by atoms with van der Waals surface area (Å²) in [5, 5.41) is 4.01. The van der Waals surface area contributed by atoms with Gasteiger partial charge in [0, 0.05) is 36.6 Å². The van der Waals surface area contributed by atoms with Crippen molar-refractivity contribution in [3.63, 3.8) is 0 Å². The lowest BCUT2D eigenvalue weighted by Gasteiger charge is -2.36. The SMILES string of the molecule is CN1[C@@H]2CC[C@H]1CC(NC(=O)c1cc(=O)n(C)c3ccccc13)C2. The topological polar surface area (TPSA) is 54.3 Å². The van der Waals surface area contributed by atoms with Crippen molar-refractivity contribution in [3.8, 4) is 0 Å². The second-order valence-corrected chi connectivity index (χ2v) is 7.16. The predicted molar refractivity (Wildman–Crippen MR) is 94.3 cm³/mol. The van der Waals surface area contributed by atoms with E-state index in [0.29, 0.717) is 17.6 Å². The van der Waals surface area contributed by atoms with Gasteiger partial charge in [0.25, 0.3) is 11.5 Å². The zero-order valence-electron chi connectivity index (χ0n) is 14.2. The molecule has 2 aliphatic heterocycles. The van der Waals surface area contributed by atoms with Gasteiger partial charge in [-0.2, -0.15) is 0 Å². The molecular weight excluding hydrogens is 302 g/mol. The largest absolute Gasteiger partial charge is 0.349 e. The number of nitrogens with zero attached hydrogens (tertiary/aromatic N) is 2. The Kier molecular flexibility index (Phi) is 3.68. The first kappa shape index (κ1) is 15.4. The summed E-state index contributed by atoms with van der Waals surface area (Å²) in [4.78, 5) is 27.5. The molecule has 2 saturated heterocycles. The minimum absolute atomic E-state index is 0.127. The smallest absolute Gasteiger partial charge is 0.252 e. The van der Waals surface area contributed by atoms with Crippen LogP contribution in [0, 0.1) is 0 Å². The lowest BCUT2D eigenvalue weighted by atomic mass is 9.97. The maximum atomic E-state index is 12.8. The van der Waals surface area contributed by atoms with E-state index in [9.17, 15) is 9.59 Å². The molecule has 2 aliphatic rings. The normalized spacial score (nSPS) is 26.7. The van der Waals surface area contributed by atoms with Crippen molar-refractivity contribution in [2.75, 3.05) is 7.05 Å². The predicted octanol–water partition coefficient (Wildman–Crippen LogP) is 1.89. The summed E-state index contributed by atoms with van der Waals surface area (Å²) in [6.07, 6.45) is 4.45. The van der Waals surface area contributed by atoms with Crippen molar-refractivity contribution in [2.45, 2.75) is 43.8 Å². The highest BCUT2D eigenvalue weighted by atomic mass is 16.2. The van der Waals surface area contributed by atoms with Gasteiger partial charge in [0.2, 0.25) is 0 Å². The first-order valence-electron chi connectivity index (χ1n) is 8.66. The van der Waals surface area contributed by atoms with Gasteiger partial charge in [-0.25, -0.2) is 0 Å². The molecule has 5 heteroatoms. The Labute approximate surface area is 141 Å². The van der Waals surface area contributed by atoms with E-state index in [4.69, 9.17) is 0 Å². The van der Waals surface area contributed by atoms with Crippen LogP contribution in [-0.4, -0.2) is 40.5 Å². The molecule has 1 aromatic heterocycles. The van der Waals surface area contributed by atoms with Crippen molar-refractivity contribution in [1.29, 1.82) is 0 Å². The quantitative estimate of drug-likeness (QED) is 0.917. The zero-order chi connectivity index (χ0) is 16.8. The fourth-order valence-electron chi connectivity index (χ4n) is 4.39. The van der Waals surface area contributed by atoms with E-state index >= 15 is 0 Å². The van der Waals surface area contributed by atoms with Gasteiger partial charge < -0.3 is 14.8 Å². The zero-order valence-corrected chi connectivity index (χ0v) is 14.2. The minimum atomic E-state index is -0.151. The molecule has 3 heterocycles. The Bertz CT molecular complexity index is 843. The first-order valence-corrected chi connectivity index (χ1v) is 8.66. The molecule has 4 rings (SSSR count). The molecule has 1 N–H and O–H groups in total. The molecule has 2 fully saturated rings. The summed E-state index contributed by atoms with van der Waals surface area (Å²) in [6, 6.07) is 10.4. The lowest BCUT2D eigenvalue weighted by Crippen LogP contribution is -2.48. The Hall–Kier alpha value is -2.14. The Morgan fingerprint density at radius 2 is 1.79 bits per heavy atom. The number of aryl methyl sites for hydroxylation is 1. The molecule has 0 radical (unpaired) electrons. The number of aromatic nitrogens is 1. The van der Waals surface area contributed by atoms with E-state index in [1.165, 1.54) is 18.9 Å². The molecule has 24 heavy (non-hydrogen) atoms. The fourth-order valence-corrected chi connectivity index (χ4v) is 4.39. The van der Waals surface area contributed by atoms with Crippen LogP contribution in [0.5, 0.6) is 0 Å². The molecule has 1 unspecified atom stereocenters. The highest BCUT2D eigenvalue weighted by Gasteiger charge is 2.38. The summed E-state index contributed by atoms with van der Waals surface area (Å²) >= 11 is 0. The van der Waals surface area contributed by atoms with Crippen LogP contribution >= 0.6 is 0 Å². The lowest BCUT2D eigenvalue weighted by molar-refractivity contribution is 0.0884. The third-order valence-electron chi connectivity index (χ3n) is 5.83. The van der Waals surface area contributed by atoms with E-state index < -0.39 is 0 Å². The average Bonchev–Trinajstić information content (AvgIpc) is 2.80. The number of benzene rings is 1. The van der Waals surface area contributed by atoms with Gasteiger partial charge in [-0.15, -0.1) is 0 Å². The van der Waals surface area contributed by atoms with Crippen LogP contribution < -0.4 is 10.9 Å². The summed E-state index contributed by atoms with van der Waals surface area (Å²) in [5.41, 5.74) is 1.13. The number of hydrogen-bond acceptors (Lipinski definition) is 3. The molecule has 2 bridgehead atoms. The van der Waals surface area contributed by atoms with Crippen LogP contribution in [0.1, 0.15) is 36.0 Å². The standard InChI is InChI=1S/C19H23N3O2/c1-21-13-7-8-14(21)10-12(9-13)20-19(24)16-11-18(23)22(2)17-6-4-3-5-15(16)17/h3-6,11-14H,7-10H2,1-2H3,(H,20,24)/t12?,13-,14+. The van der Waals surface area contributed by atoms with Gasteiger partial charge >= 0.3 is 0 Å². The van der Waals surface area contributed by atoms with Gasteiger partial charge in [0.1, 0.15) is 0 Å². The number of fused-ring (bicyclic) bond motifs is 3. The average molecular weight is 325 g/mol. The molecule has 5 nitrogen and oxygen atoms in total. The van der Waals surface area contributed by atoms with E-state index in [0.717, 1.165) is 23.7 Å². The third kappa shape index (κ3) is 2.44. The number of pyridine rings is 1. The van der Waals surface area contributed by atoms with Gasteiger partial charge in [-0.3, -0.25) is 9.59 Å². The van der Waals surface area contributed by atoms with E-state index in [1.807, 2.05) is 24.3 Å². The summed E-state index contributed by atoms with van der Waals surface area (Å²) in [6.45, 7) is 0. The number of rotatable bonds is 2. The van der Waals surface area contributed by atoms with Crippen LogP contribution in [0.3, 0.4) is 0 Å². The summed E-state index contributed by atoms with van der Waals surface area (Å²) in [5.74, 6) is -0.127. The maximum Gasteiger partial charge on any atom is 0.252 e. The van der Waals surface area contributed by atoms with Gasteiger partial charge in [-0.05, 0) is 38.8 Å². The number of carbonyl (C=O) groups is 1. The second kappa shape index (κ2) is 5.74. The molecule has 3 atom stereocenters. The molecule has 1 amide bonds. The van der Waals surface area contributed by atoms with Crippen molar-refractivity contribution in [3.05, 3.63) is 46.2 Å². The Morgan fingerprint density at radius 3 is 2.50 bits per heavy atom. The van der Waals surface area contributed by atoms with E-state index in [-0.39, 0.29) is 17.5 Å². The number of carbonyl (C=O) groups excluding carboxylic acids is 1. The summed E-state index contributed by atoms with van der Waals surface area (Å²) < 4.78 is 1.59. The third-order valence-corrected chi connectivity index (χ3v) is 5.83. The Balaban J connectivity index is 1.63. The van der Waals surface area contributed by atoms with Crippen LogP contribution in [-0.2, 0) is 7.05 Å². The van der Waals surface area contributed by atoms with Crippen LogP contribution in [0.25, 0.3) is 10.9 Å². The van der Waals surface area contributed by atoms with Crippen molar-refractivity contribution in [2.24, 2.45) is 7.05 Å². The number of amides is 1. The molecule has 0 aliphatic carbocycles. The molecule has 2 aromatic rings. The summed E-state index contributed by atoms with van der Waals surface area (Å²) in [7, 11) is 3.93. The molecule has 0 saturated carbocycles. The molecular formula is C19H23N3O2. The van der Waals surface area contributed by atoms with Gasteiger partial charge in [-0.1, -0.05) is 18.2 Å². The number of nitrogens with one attached hydrogen (secondary N) is 1. The molecule has 0 spiro atoms. The van der Waals surface area contributed by atoms with E-state index in [1.54, 1.807) is 11.6 Å². The number of para-hydroxylation sites is 1. The molecule has 1 aromatic carbocycles. The van der Waals surface area contributed by atoms with Crippen molar-refractivity contribution < 1.29 is 4.79 Å². The number of hydrogen-bond donors (Lipinski definition) is 1. The van der Waals surface area contributed by atoms with Crippen LogP contribution in [0.15, 0.2) is 35.1 Å². The number of piperidine rings is 1. The highest BCUT2D eigenvalue weighted by Crippen LogP contribution is 2.34. The second-order valence-electron chi connectivity index (χ2n) is 7.16. The first-order chi connectivity index (χ1) is 11.5. The van der Waals surface area contributed by atoms with Crippen LogP contribution in [0.2, 0.25) is 0 Å². The fraction of sp³-hybridized carbons (Fsp3) is 0.474. The van der Waals surface area contributed by atoms with Crippen molar-refractivity contribution >= 4 is 16.8 Å². The molecule has 126 valence electrons. The monoisotopic (exact) mass is 325 g/mol. The highest BCUT2D eigenvalue weighted by molar-refractivity contribution is 6.06. The minimum Gasteiger partial charge on any atom is -0.349 e. The van der Waals surface area contributed by atoms with Gasteiger partial charge in [0.05, 0.1) is 11.1 Å². The Morgan fingerprint density at radius 1 is 1.12 bits per heavy atom. The van der Waals surface area contributed by atoms with Gasteiger partial charge in [0.15, 0.2) is 0 Å². The van der Waals surface area contributed by atoms with E-state index in [2.05, 4.69) is 17.3 Å². The van der Waals surface area contributed by atoms with Crippen molar-refractivity contribution in [1.82, 2.24) is 14.8 Å². The maximum absolute atomic E-state index is 12.8. The van der Waals surface area contributed by atoms with Crippen LogP contribution in [0.4, 0.5) is 0 Å².